The molecule has 4 heterocycles. The third-order valence-electron chi connectivity index (χ3n) is 14.0. The van der Waals surface area contributed by atoms with E-state index in [-0.39, 0.29) is 0 Å². The summed E-state index contributed by atoms with van der Waals surface area (Å²) in [7, 11) is -3.39. The number of rotatable bonds is 8. The molecule has 0 saturated heterocycles. The van der Waals surface area contributed by atoms with Gasteiger partial charge < -0.3 is 0 Å². The van der Waals surface area contributed by atoms with Gasteiger partial charge in [-0.1, -0.05) is 224 Å². The molecule has 0 fully saturated rings. The van der Waals surface area contributed by atoms with Crippen molar-refractivity contribution in [1.29, 1.82) is 0 Å². The normalized spacial score (nSPS) is 12.6. The third kappa shape index (κ3) is 6.56. The van der Waals surface area contributed by atoms with Crippen LogP contribution in [0.3, 0.4) is 0 Å². The van der Waals surface area contributed by atoms with Crippen LogP contribution < -0.4 is 21.0 Å². The second-order valence-corrected chi connectivity index (χ2v) is 21.6. The molecule has 0 unspecified atom stereocenters. The molecule has 10 aromatic carbocycles. The molecule has 14 rings (SSSR count). The molecule has 0 amide bonds. The lowest BCUT2D eigenvalue weighted by molar-refractivity contribution is 1.08. The standard InChI is InChI=1S/C63H40N8Si/c1-5-21-41(22-6-1)57-65-58(42-23-7-2-8-24-42)68-61(67-57)49-37-39-54(47-31-15-13-29-45(47)49)72(56-36-20-19-35-53(56)71-52-34-18-17-33-51(52)64-63(71)72)55-40-38-50(46-30-14-16-32-48(46)55)62-69-59(43-25-9-3-10-26-43)66-60(70-62)44-27-11-4-12-28-44/h1-40H. The predicted molar refractivity (Wildman–Crippen MR) is 293 cm³/mol. The van der Waals surface area contributed by atoms with E-state index in [2.05, 4.69) is 174 Å². The summed E-state index contributed by atoms with van der Waals surface area (Å²) in [6.45, 7) is 0. The van der Waals surface area contributed by atoms with Gasteiger partial charge in [0.05, 0.1) is 11.0 Å². The Morgan fingerprint density at radius 2 is 0.625 bits per heavy atom. The van der Waals surface area contributed by atoms with Gasteiger partial charge in [0, 0.05) is 39.1 Å². The molecule has 9 heteroatoms. The fourth-order valence-electron chi connectivity index (χ4n) is 10.8. The van der Waals surface area contributed by atoms with Crippen LogP contribution in [0.1, 0.15) is 0 Å². The van der Waals surface area contributed by atoms with E-state index < -0.39 is 8.07 Å². The summed E-state index contributed by atoms with van der Waals surface area (Å²) in [6, 6.07) is 84.7. The first-order valence-corrected chi connectivity index (χ1v) is 26.1. The Hall–Kier alpha value is -9.57. The molecule has 0 bridgehead atoms. The van der Waals surface area contributed by atoms with Gasteiger partial charge >= 0.3 is 0 Å². The highest BCUT2D eigenvalue weighted by molar-refractivity contribution is 7.22. The Bertz CT molecular complexity index is 3900. The Morgan fingerprint density at radius 3 is 1.08 bits per heavy atom. The van der Waals surface area contributed by atoms with Crippen LogP contribution in [0, 0.1) is 0 Å². The second kappa shape index (κ2) is 16.8. The number of nitrogens with zero attached hydrogens (tertiary/aromatic N) is 8. The van der Waals surface area contributed by atoms with Gasteiger partial charge in [-0.3, -0.25) is 4.57 Å². The highest BCUT2D eigenvalue weighted by atomic mass is 28.3. The van der Waals surface area contributed by atoms with Crippen LogP contribution in [-0.2, 0) is 0 Å². The molecule has 0 saturated carbocycles. The second-order valence-electron chi connectivity index (χ2n) is 18.0. The van der Waals surface area contributed by atoms with Crippen molar-refractivity contribution in [3.05, 3.63) is 243 Å². The molecular weight excluding hydrogens is 897 g/mol. The minimum absolute atomic E-state index is 0.608. The summed E-state index contributed by atoms with van der Waals surface area (Å²) < 4.78 is 2.43. The molecule has 0 atom stereocenters. The summed E-state index contributed by atoms with van der Waals surface area (Å²) in [4.78, 5) is 36.8. The van der Waals surface area contributed by atoms with Crippen LogP contribution in [-0.4, -0.2) is 47.5 Å². The molecule has 72 heavy (non-hydrogen) atoms. The summed E-state index contributed by atoms with van der Waals surface area (Å²) in [5.41, 5.74) is 9.77. The monoisotopic (exact) mass is 936 g/mol. The number of hydrogen-bond donors (Lipinski definition) is 0. The molecule has 13 aromatic rings. The van der Waals surface area contributed by atoms with Crippen molar-refractivity contribution >= 4 is 61.7 Å². The van der Waals surface area contributed by atoms with Gasteiger partial charge in [-0.05, 0) is 55.3 Å². The van der Waals surface area contributed by atoms with Crippen LogP contribution in [0.2, 0.25) is 0 Å². The lowest BCUT2D eigenvalue weighted by Gasteiger charge is -2.31. The number of para-hydroxylation sites is 3. The SMILES string of the molecule is c1ccc(-c2nc(-c3ccccc3)nc(-c3ccc([Si]4(c5ccc(-c6nc(-c7ccccc7)nc(-c7ccccc7)n6)c6ccccc56)c5ccccc5-n5c4nc4ccccc45)c4ccccc34)n2)cc1. The number of aromatic nitrogens is 8. The minimum atomic E-state index is -3.39. The maximum absolute atomic E-state index is 5.73. The van der Waals surface area contributed by atoms with Gasteiger partial charge in [-0.15, -0.1) is 0 Å². The molecule has 3 aromatic heterocycles. The lowest BCUT2D eigenvalue weighted by atomic mass is 10.0. The van der Waals surface area contributed by atoms with E-state index in [1.165, 1.54) is 15.6 Å². The minimum Gasteiger partial charge on any atom is -0.299 e. The first kappa shape index (κ1) is 41.4. The van der Waals surface area contributed by atoms with Crippen molar-refractivity contribution in [3.63, 3.8) is 0 Å². The topological polar surface area (TPSA) is 95.2 Å². The summed E-state index contributed by atoms with van der Waals surface area (Å²) in [5, 5.41) is 8.04. The van der Waals surface area contributed by atoms with Gasteiger partial charge in [-0.25, -0.2) is 34.9 Å². The van der Waals surface area contributed by atoms with Crippen molar-refractivity contribution < 1.29 is 0 Å². The van der Waals surface area contributed by atoms with E-state index in [1.54, 1.807) is 0 Å². The van der Waals surface area contributed by atoms with E-state index in [4.69, 9.17) is 34.9 Å². The van der Waals surface area contributed by atoms with Crippen molar-refractivity contribution in [1.82, 2.24) is 39.5 Å². The molecule has 1 aliphatic heterocycles. The van der Waals surface area contributed by atoms with Crippen LogP contribution in [0.15, 0.2) is 243 Å². The smallest absolute Gasteiger partial charge is 0.227 e. The first-order chi connectivity index (χ1) is 35.7. The zero-order valence-electron chi connectivity index (χ0n) is 38.7. The molecule has 0 N–H and O–H groups in total. The molecular formula is C63H40N8Si. The molecule has 0 radical (unpaired) electrons. The fourth-order valence-corrected chi connectivity index (χ4v) is 16.1. The average Bonchev–Trinajstić information content (AvgIpc) is 3.99. The highest BCUT2D eigenvalue weighted by Crippen LogP contribution is 2.36. The van der Waals surface area contributed by atoms with E-state index >= 15 is 0 Å². The van der Waals surface area contributed by atoms with Gasteiger partial charge in [-0.2, -0.15) is 0 Å². The fraction of sp³-hybridized carbons (Fsp3) is 0. The largest absolute Gasteiger partial charge is 0.299 e. The van der Waals surface area contributed by atoms with Crippen molar-refractivity contribution in [2.24, 2.45) is 0 Å². The van der Waals surface area contributed by atoms with Crippen molar-refractivity contribution in [2.45, 2.75) is 0 Å². The van der Waals surface area contributed by atoms with Gasteiger partial charge in [0.1, 0.15) is 5.45 Å². The summed E-state index contributed by atoms with van der Waals surface area (Å²) in [5.74, 6) is 3.69. The quantitative estimate of drug-likeness (QED) is 0.140. The van der Waals surface area contributed by atoms with Crippen LogP contribution in [0.25, 0.3) is 107 Å². The number of benzene rings is 10. The number of hydrogen-bond acceptors (Lipinski definition) is 7. The van der Waals surface area contributed by atoms with Crippen LogP contribution >= 0.6 is 0 Å². The average molecular weight is 937 g/mol. The maximum Gasteiger partial charge on any atom is 0.227 e. The van der Waals surface area contributed by atoms with E-state index in [1.807, 2.05) is 72.8 Å². The van der Waals surface area contributed by atoms with Crippen molar-refractivity contribution in [3.8, 4) is 74.0 Å². The van der Waals surface area contributed by atoms with Gasteiger partial charge in [0.2, 0.25) is 8.07 Å². The van der Waals surface area contributed by atoms with Gasteiger partial charge in [0.15, 0.2) is 34.9 Å². The highest BCUT2D eigenvalue weighted by Gasteiger charge is 2.53. The van der Waals surface area contributed by atoms with Gasteiger partial charge in [0.25, 0.3) is 0 Å². The molecule has 8 nitrogen and oxygen atoms in total. The maximum atomic E-state index is 5.73. The Labute approximate surface area is 415 Å². The Balaban J connectivity index is 1.05. The Kier molecular flexibility index (Phi) is 9.68. The molecule has 1 aliphatic rings. The van der Waals surface area contributed by atoms with E-state index in [0.717, 1.165) is 77.1 Å². The molecule has 336 valence electrons. The zero-order valence-corrected chi connectivity index (χ0v) is 39.7. The lowest BCUT2D eigenvalue weighted by Crippen LogP contribution is -2.74. The molecule has 0 spiro atoms. The van der Waals surface area contributed by atoms with E-state index in [0.29, 0.717) is 34.9 Å². The zero-order chi connectivity index (χ0) is 47.6. The molecule has 0 aliphatic carbocycles. The van der Waals surface area contributed by atoms with Crippen LogP contribution in [0.4, 0.5) is 0 Å². The predicted octanol–water partition coefficient (Wildman–Crippen LogP) is 11.4. The number of imidazole rings is 1. The first-order valence-electron chi connectivity index (χ1n) is 24.1. The third-order valence-corrected chi connectivity index (χ3v) is 18.7. The number of fused-ring (bicyclic) bond motifs is 7. The summed E-state index contributed by atoms with van der Waals surface area (Å²) >= 11 is 0. The Morgan fingerprint density at radius 1 is 0.264 bits per heavy atom. The van der Waals surface area contributed by atoms with E-state index in [9.17, 15) is 0 Å². The van der Waals surface area contributed by atoms with Crippen LogP contribution in [0.5, 0.6) is 0 Å². The van der Waals surface area contributed by atoms with Crippen molar-refractivity contribution in [2.75, 3.05) is 0 Å². The summed E-state index contributed by atoms with van der Waals surface area (Å²) in [6.07, 6.45) is 0.